The molecule has 2 atom stereocenters. The lowest BCUT2D eigenvalue weighted by Crippen LogP contribution is -2.27. The molecule has 158 valence electrons. The predicted molar refractivity (Wildman–Crippen MR) is 111 cm³/mol. The zero-order valence-corrected chi connectivity index (χ0v) is 18.1. The van der Waals surface area contributed by atoms with Gasteiger partial charge in [0.05, 0.1) is 16.9 Å². The van der Waals surface area contributed by atoms with Crippen LogP contribution in [0.25, 0.3) is 0 Å². The number of aromatic nitrogens is 2. The largest absolute Gasteiger partial charge is 0.445 e. The van der Waals surface area contributed by atoms with E-state index in [-0.39, 0.29) is 16.4 Å². The first kappa shape index (κ1) is 23.1. The average Bonchev–Trinajstić information content (AvgIpc) is 3.15. The minimum atomic E-state index is -4.54. The smallest absolute Gasteiger partial charge is 0.381 e. The van der Waals surface area contributed by atoms with Gasteiger partial charge in [0, 0.05) is 39.0 Å². The number of hydrogen-bond acceptors (Lipinski definition) is 8. The number of thioether (sulfide) groups is 1. The Labute approximate surface area is 175 Å². The van der Waals surface area contributed by atoms with Gasteiger partial charge in [-0.3, -0.25) is 9.79 Å². The summed E-state index contributed by atoms with van der Waals surface area (Å²) in [6.45, 7) is 3.69. The fraction of sp³-hybridized carbons (Fsp3) is 0.471. The molecular weight excluding hydrogens is 425 g/mol. The number of hydrogen-bond donors (Lipinski definition) is 0. The second-order valence-corrected chi connectivity index (χ2v) is 8.51. The van der Waals surface area contributed by atoms with Gasteiger partial charge in [0.15, 0.2) is 6.29 Å². The maximum atomic E-state index is 12.7. The number of halogens is 3. The standard InChI is InChI=1S/C17H21F3N6OS2/c1-10-12(25(3)4)6-7-21-14(10)28-13(8-27)11(2)22-9-26(5)16-24-23-15(29-16)17(18,19)20/h6-10,14H,1-5H3/b13-11+,22-9?. The van der Waals surface area contributed by atoms with Crippen molar-refractivity contribution >= 4 is 47.1 Å². The van der Waals surface area contributed by atoms with E-state index in [4.69, 9.17) is 0 Å². The van der Waals surface area contributed by atoms with Gasteiger partial charge in [0.25, 0.3) is 0 Å². The molecule has 7 nitrogen and oxygen atoms in total. The fourth-order valence-corrected chi connectivity index (χ4v) is 4.06. The summed E-state index contributed by atoms with van der Waals surface area (Å²) in [6.07, 6.45) is 1.12. The van der Waals surface area contributed by atoms with Crippen molar-refractivity contribution in [1.82, 2.24) is 15.1 Å². The summed E-state index contributed by atoms with van der Waals surface area (Å²) >= 11 is 1.71. The van der Waals surface area contributed by atoms with Gasteiger partial charge >= 0.3 is 6.18 Å². The molecule has 0 aliphatic carbocycles. The Hall–Kier alpha value is -2.21. The second kappa shape index (κ2) is 9.53. The van der Waals surface area contributed by atoms with Crippen LogP contribution in [-0.2, 0) is 11.0 Å². The Morgan fingerprint density at radius 3 is 2.55 bits per heavy atom. The van der Waals surface area contributed by atoms with Gasteiger partial charge in [0.1, 0.15) is 5.37 Å². The number of carbonyl (C=O) groups excluding carboxylic acids is 1. The molecule has 12 heteroatoms. The van der Waals surface area contributed by atoms with Crippen LogP contribution in [0.3, 0.4) is 0 Å². The molecule has 0 bridgehead atoms. The molecule has 2 rings (SSSR count). The highest BCUT2D eigenvalue weighted by atomic mass is 32.2. The van der Waals surface area contributed by atoms with Crippen LogP contribution >= 0.6 is 23.1 Å². The molecule has 0 aromatic carbocycles. The summed E-state index contributed by atoms with van der Waals surface area (Å²) in [4.78, 5) is 23.9. The summed E-state index contributed by atoms with van der Waals surface area (Å²) in [7, 11) is 5.40. The van der Waals surface area contributed by atoms with Crippen molar-refractivity contribution in [3.8, 4) is 0 Å². The van der Waals surface area contributed by atoms with Crippen molar-refractivity contribution in [2.45, 2.75) is 25.4 Å². The average molecular weight is 447 g/mol. The van der Waals surface area contributed by atoms with E-state index < -0.39 is 11.2 Å². The monoisotopic (exact) mass is 446 g/mol. The zero-order chi connectivity index (χ0) is 21.8. The van der Waals surface area contributed by atoms with Crippen LogP contribution in [0.5, 0.6) is 0 Å². The summed E-state index contributed by atoms with van der Waals surface area (Å²) in [5, 5.41) is 5.48. The topological polar surface area (TPSA) is 74.0 Å². The third-order valence-electron chi connectivity index (χ3n) is 3.98. The highest BCUT2D eigenvalue weighted by Crippen LogP contribution is 2.35. The van der Waals surface area contributed by atoms with E-state index in [2.05, 4.69) is 20.2 Å². The molecule has 1 aromatic heterocycles. The van der Waals surface area contributed by atoms with E-state index >= 15 is 0 Å². The van der Waals surface area contributed by atoms with E-state index in [1.807, 2.05) is 32.0 Å². The van der Waals surface area contributed by atoms with Crippen LogP contribution in [0.1, 0.15) is 18.9 Å². The van der Waals surface area contributed by atoms with Gasteiger partial charge < -0.3 is 9.80 Å². The number of aldehydes is 1. The molecule has 29 heavy (non-hydrogen) atoms. The predicted octanol–water partition coefficient (Wildman–Crippen LogP) is 3.68. The van der Waals surface area contributed by atoms with Gasteiger partial charge in [-0.1, -0.05) is 30.0 Å². The molecule has 0 amide bonds. The Morgan fingerprint density at radius 2 is 2.00 bits per heavy atom. The normalized spacial score (nSPS) is 20.5. The SMILES string of the molecule is C/C(N=CN(C)c1nnc(C(F)(F)F)s1)=C(/C=O)SC1N=CC=C(N(C)C)C1C. The third-order valence-corrected chi connectivity index (χ3v) is 6.46. The Morgan fingerprint density at radius 1 is 1.31 bits per heavy atom. The van der Waals surface area contributed by atoms with Crippen molar-refractivity contribution in [3.63, 3.8) is 0 Å². The summed E-state index contributed by atoms with van der Waals surface area (Å²) in [6, 6.07) is 0. The fourth-order valence-electron chi connectivity index (χ4n) is 2.41. The molecule has 2 heterocycles. The first-order valence-electron chi connectivity index (χ1n) is 8.45. The van der Waals surface area contributed by atoms with Crippen LogP contribution in [0.2, 0.25) is 0 Å². The number of carbonyl (C=O) groups is 1. The number of rotatable bonds is 7. The number of alkyl halides is 3. The zero-order valence-electron chi connectivity index (χ0n) is 16.5. The minimum Gasteiger partial charge on any atom is -0.381 e. The molecule has 1 aliphatic heterocycles. The number of nitrogens with zero attached hydrogens (tertiary/aromatic N) is 6. The quantitative estimate of drug-likeness (QED) is 0.275. The van der Waals surface area contributed by atoms with Crippen molar-refractivity contribution in [1.29, 1.82) is 0 Å². The van der Waals surface area contributed by atoms with Crippen molar-refractivity contribution in [3.05, 3.63) is 27.4 Å². The van der Waals surface area contributed by atoms with Crippen LogP contribution in [0.15, 0.2) is 32.4 Å². The van der Waals surface area contributed by atoms with Gasteiger partial charge in [0.2, 0.25) is 10.1 Å². The summed E-state index contributed by atoms with van der Waals surface area (Å²) in [5.74, 6) is 0.0941. The highest BCUT2D eigenvalue weighted by Gasteiger charge is 2.36. The molecule has 2 unspecified atom stereocenters. The number of allylic oxidation sites excluding steroid dienone is 3. The van der Waals surface area contributed by atoms with E-state index in [1.54, 1.807) is 13.1 Å². The van der Waals surface area contributed by atoms with Crippen molar-refractivity contribution < 1.29 is 18.0 Å². The van der Waals surface area contributed by atoms with Gasteiger partial charge in [-0.05, 0) is 13.0 Å². The molecule has 0 fully saturated rings. The minimum absolute atomic E-state index is 0.0421. The van der Waals surface area contributed by atoms with E-state index in [1.165, 1.54) is 30.0 Å². The molecule has 0 saturated carbocycles. The third kappa shape index (κ3) is 5.89. The number of anilines is 1. The van der Waals surface area contributed by atoms with E-state index in [9.17, 15) is 18.0 Å². The first-order valence-corrected chi connectivity index (χ1v) is 10.1. The number of dihydropyridines is 1. The molecule has 0 radical (unpaired) electrons. The van der Waals surface area contributed by atoms with Crippen molar-refractivity contribution in [2.75, 3.05) is 26.0 Å². The molecule has 0 spiro atoms. The van der Waals surface area contributed by atoms with E-state index in [0.717, 1.165) is 5.70 Å². The second-order valence-electron chi connectivity index (χ2n) is 6.39. The van der Waals surface area contributed by atoms with Crippen LogP contribution in [0, 0.1) is 5.92 Å². The van der Waals surface area contributed by atoms with Gasteiger partial charge in [-0.15, -0.1) is 10.2 Å². The lowest BCUT2D eigenvalue weighted by Gasteiger charge is -2.29. The lowest BCUT2D eigenvalue weighted by molar-refractivity contribution is -0.138. The van der Waals surface area contributed by atoms with Gasteiger partial charge in [-0.25, -0.2) is 4.99 Å². The maximum absolute atomic E-state index is 12.7. The molecule has 1 aliphatic rings. The highest BCUT2D eigenvalue weighted by molar-refractivity contribution is 8.04. The van der Waals surface area contributed by atoms with E-state index in [0.29, 0.717) is 28.2 Å². The van der Waals surface area contributed by atoms with Crippen LogP contribution in [-0.4, -0.2) is 60.5 Å². The summed E-state index contributed by atoms with van der Waals surface area (Å²) in [5.41, 5.74) is 1.53. The number of aliphatic imine (C=N–C) groups is 2. The van der Waals surface area contributed by atoms with Crippen molar-refractivity contribution in [2.24, 2.45) is 15.9 Å². The Bertz CT molecular complexity index is 860. The molecule has 0 N–H and O–H groups in total. The Kier molecular flexibility index (Phi) is 7.58. The maximum Gasteiger partial charge on any atom is 0.445 e. The summed E-state index contributed by atoms with van der Waals surface area (Å²) < 4.78 is 38.0. The first-order chi connectivity index (χ1) is 13.5. The molecular formula is C17H21F3N6OS2. The van der Waals surface area contributed by atoms with Crippen LogP contribution in [0.4, 0.5) is 18.3 Å². The lowest BCUT2D eigenvalue weighted by atomic mass is 10.1. The molecule has 0 saturated heterocycles. The van der Waals surface area contributed by atoms with Gasteiger partial charge in [-0.2, -0.15) is 13.2 Å². The Balaban J connectivity index is 2.12. The molecule has 1 aromatic rings. The van der Waals surface area contributed by atoms with Crippen LogP contribution < -0.4 is 4.90 Å².